The van der Waals surface area contributed by atoms with Gasteiger partial charge in [0.1, 0.15) is 5.75 Å². The standard InChI is InChI=1S/C12H18N2O2/c1-15-10-4-2-9(3-5-10)12(13)11-8-16-7-6-14-11/h2-5,11-12,14H,6-8,13H2,1H3. The molecule has 2 unspecified atom stereocenters. The summed E-state index contributed by atoms with van der Waals surface area (Å²) in [4.78, 5) is 0. The molecule has 0 radical (unpaired) electrons. The molecule has 0 amide bonds. The smallest absolute Gasteiger partial charge is 0.118 e. The molecule has 16 heavy (non-hydrogen) atoms. The van der Waals surface area contributed by atoms with Crippen LogP contribution in [0, 0.1) is 0 Å². The van der Waals surface area contributed by atoms with Gasteiger partial charge in [-0.15, -0.1) is 0 Å². The molecule has 1 fully saturated rings. The maximum absolute atomic E-state index is 6.18. The van der Waals surface area contributed by atoms with Crippen molar-refractivity contribution in [3.05, 3.63) is 29.8 Å². The van der Waals surface area contributed by atoms with Gasteiger partial charge in [-0.25, -0.2) is 0 Å². The van der Waals surface area contributed by atoms with Crippen LogP contribution in [0.15, 0.2) is 24.3 Å². The van der Waals surface area contributed by atoms with Crippen LogP contribution in [0.1, 0.15) is 11.6 Å². The van der Waals surface area contributed by atoms with Gasteiger partial charge in [0, 0.05) is 18.6 Å². The van der Waals surface area contributed by atoms with E-state index in [0.29, 0.717) is 6.61 Å². The Morgan fingerprint density at radius 1 is 1.44 bits per heavy atom. The first kappa shape index (κ1) is 11.4. The van der Waals surface area contributed by atoms with E-state index < -0.39 is 0 Å². The average Bonchev–Trinajstić information content (AvgIpc) is 2.39. The molecule has 4 heteroatoms. The molecule has 1 heterocycles. The topological polar surface area (TPSA) is 56.5 Å². The van der Waals surface area contributed by atoms with Crippen molar-refractivity contribution in [3.63, 3.8) is 0 Å². The summed E-state index contributed by atoms with van der Waals surface area (Å²) in [6.45, 7) is 2.31. The van der Waals surface area contributed by atoms with Crippen LogP contribution < -0.4 is 15.8 Å². The zero-order valence-corrected chi connectivity index (χ0v) is 9.48. The van der Waals surface area contributed by atoms with Crippen molar-refractivity contribution in [2.45, 2.75) is 12.1 Å². The molecular formula is C12H18N2O2. The molecule has 1 aromatic carbocycles. The van der Waals surface area contributed by atoms with Crippen molar-refractivity contribution < 1.29 is 9.47 Å². The van der Waals surface area contributed by atoms with E-state index in [4.69, 9.17) is 15.2 Å². The van der Waals surface area contributed by atoms with Crippen LogP contribution in [-0.2, 0) is 4.74 Å². The molecule has 2 rings (SSSR count). The first-order valence-electron chi connectivity index (χ1n) is 5.52. The Kier molecular flexibility index (Phi) is 3.77. The predicted octanol–water partition coefficient (Wildman–Crippen LogP) is 0.683. The van der Waals surface area contributed by atoms with E-state index >= 15 is 0 Å². The lowest BCUT2D eigenvalue weighted by Gasteiger charge is -2.29. The van der Waals surface area contributed by atoms with E-state index in [1.807, 2.05) is 24.3 Å². The Morgan fingerprint density at radius 2 is 2.19 bits per heavy atom. The summed E-state index contributed by atoms with van der Waals surface area (Å²) in [6.07, 6.45) is 0. The summed E-state index contributed by atoms with van der Waals surface area (Å²) in [7, 11) is 1.66. The molecule has 0 bridgehead atoms. The Morgan fingerprint density at radius 3 is 2.75 bits per heavy atom. The van der Waals surface area contributed by atoms with Crippen LogP contribution in [-0.4, -0.2) is 32.9 Å². The van der Waals surface area contributed by atoms with Crippen LogP contribution in [0.2, 0.25) is 0 Å². The Balaban J connectivity index is 2.04. The summed E-state index contributed by atoms with van der Waals surface area (Å²) < 4.78 is 10.5. The molecular weight excluding hydrogens is 204 g/mol. The van der Waals surface area contributed by atoms with Crippen LogP contribution in [0.5, 0.6) is 5.75 Å². The molecule has 88 valence electrons. The monoisotopic (exact) mass is 222 g/mol. The van der Waals surface area contributed by atoms with Crippen molar-refractivity contribution >= 4 is 0 Å². The molecule has 1 saturated heterocycles. The predicted molar refractivity (Wildman–Crippen MR) is 62.5 cm³/mol. The van der Waals surface area contributed by atoms with Gasteiger partial charge in [0.05, 0.1) is 20.3 Å². The number of morpholine rings is 1. The zero-order valence-electron chi connectivity index (χ0n) is 9.48. The van der Waals surface area contributed by atoms with Gasteiger partial charge in [-0.2, -0.15) is 0 Å². The number of benzene rings is 1. The Hall–Kier alpha value is -1.10. The van der Waals surface area contributed by atoms with Gasteiger partial charge in [0.25, 0.3) is 0 Å². The number of hydrogen-bond donors (Lipinski definition) is 2. The lowest BCUT2D eigenvalue weighted by Crippen LogP contribution is -2.47. The molecule has 0 aliphatic carbocycles. The van der Waals surface area contributed by atoms with Gasteiger partial charge in [0.2, 0.25) is 0 Å². The fourth-order valence-electron chi connectivity index (χ4n) is 1.87. The number of rotatable bonds is 3. The summed E-state index contributed by atoms with van der Waals surface area (Å²) in [5, 5.41) is 3.36. The Bertz CT molecular complexity index is 320. The Labute approximate surface area is 95.7 Å². The molecule has 0 saturated carbocycles. The highest BCUT2D eigenvalue weighted by Crippen LogP contribution is 2.19. The van der Waals surface area contributed by atoms with E-state index in [2.05, 4.69) is 5.32 Å². The minimum absolute atomic E-state index is 0.0359. The minimum atomic E-state index is -0.0359. The van der Waals surface area contributed by atoms with Crippen molar-refractivity contribution in [1.82, 2.24) is 5.32 Å². The maximum atomic E-state index is 6.18. The van der Waals surface area contributed by atoms with Gasteiger partial charge in [-0.05, 0) is 17.7 Å². The molecule has 1 aromatic rings. The third kappa shape index (κ3) is 2.52. The molecule has 2 atom stereocenters. The second kappa shape index (κ2) is 5.30. The first-order valence-corrected chi connectivity index (χ1v) is 5.52. The number of nitrogens with two attached hydrogens (primary N) is 1. The van der Waals surface area contributed by atoms with Crippen molar-refractivity contribution in [1.29, 1.82) is 0 Å². The fourth-order valence-corrected chi connectivity index (χ4v) is 1.87. The van der Waals surface area contributed by atoms with Gasteiger partial charge in [-0.3, -0.25) is 0 Å². The number of methoxy groups -OCH3 is 1. The third-order valence-corrected chi connectivity index (χ3v) is 2.88. The summed E-state index contributed by atoms with van der Waals surface area (Å²) in [6, 6.07) is 8.02. The SMILES string of the molecule is COc1ccc(C(N)C2COCCN2)cc1. The van der Waals surface area contributed by atoms with Gasteiger partial charge in [-0.1, -0.05) is 12.1 Å². The highest BCUT2D eigenvalue weighted by molar-refractivity contribution is 5.29. The highest BCUT2D eigenvalue weighted by atomic mass is 16.5. The first-order chi connectivity index (χ1) is 7.81. The van der Waals surface area contributed by atoms with Crippen molar-refractivity contribution in [2.24, 2.45) is 5.73 Å². The van der Waals surface area contributed by atoms with E-state index in [-0.39, 0.29) is 12.1 Å². The largest absolute Gasteiger partial charge is 0.497 e. The van der Waals surface area contributed by atoms with Crippen LogP contribution >= 0.6 is 0 Å². The van der Waals surface area contributed by atoms with Crippen LogP contribution in [0.3, 0.4) is 0 Å². The third-order valence-electron chi connectivity index (χ3n) is 2.88. The van der Waals surface area contributed by atoms with Crippen LogP contribution in [0.4, 0.5) is 0 Å². The average molecular weight is 222 g/mol. The minimum Gasteiger partial charge on any atom is -0.497 e. The molecule has 1 aliphatic rings. The van der Waals surface area contributed by atoms with Crippen molar-refractivity contribution in [3.8, 4) is 5.75 Å². The van der Waals surface area contributed by atoms with E-state index in [9.17, 15) is 0 Å². The molecule has 0 spiro atoms. The van der Waals surface area contributed by atoms with Gasteiger partial charge < -0.3 is 20.5 Å². The maximum Gasteiger partial charge on any atom is 0.118 e. The van der Waals surface area contributed by atoms with E-state index in [1.165, 1.54) is 0 Å². The van der Waals surface area contributed by atoms with Gasteiger partial charge in [0.15, 0.2) is 0 Å². The van der Waals surface area contributed by atoms with Crippen molar-refractivity contribution in [2.75, 3.05) is 26.9 Å². The van der Waals surface area contributed by atoms with E-state index in [1.54, 1.807) is 7.11 Å². The number of hydrogen-bond acceptors (Lipinski definition) is 4. The van der Waals surface area contributed by atoms with Crippen LogP contribution in [0.25, 0.3) is 0 Å². The summed E-state index contributed by atoms with van der Waals surface area (Å²) in [5.41, 5.74) is 7.28. The summed E-state index contributed by atoms with van der Waals surface area (Å²) >= 11 is 0. The van der Waals surface area contributed by atoms with E-state index in [0.717, 1.165) is 24.5 Å². The second-order valence-electron chi connectivity index (χ2n) is 3.93. The molecule has 4 nitrogen and oxygen atoms in total. The lowest BCUT2D eigenvalue weighted by molar-refractivity contribution is 0.0685. The molecule has 1 aliphatic heterocycles. The summed E-state index contributed by atoms with van der Waals surface area (Å²) in [5.74, 6) is 0.851. The molecule has 3 N–H and O–H groups in total. The van der Waals surface area contributed by atoms with Gasteiger partial charge >= 0.3 is 0 Å². The quantitative estimate of drug-likeness (QED) is 0.790. The highest BCUT2D eigenvalue weighted by Gasteiger charge is 2.21. The lowest BCUT2D eigenvalue weighted by atomic mass is 10.00. The number of nitrogens with one attached hydrogen (secondary N) is 1. The number of ether oxygens (including phenoxy) is 2. The zero-order chi connectivity index (χ0) is 11.4. The fraction of sp³-hybridized carbons (Fsp3) is 0.500. The second-order valence-corrected chi connectivity index (χ2v) is 3.93. The molecule has 0 aromatic heterocycles. The normalized spacial score (nSPS) is 22.8.